The average molecular weight is 403 g/mol. The van der Waals surface area contributed by atoms with Crippen molar-refractivity contribution in [2.45, 2.75) is 26.7 Å². The second-order valence-corrected chi connectivity index (χ2v) is 8.31. The molecule has 0 spiro atoms. The molecule has 5 nitrogen and oxygen atoms in total. The molecule has 1 aliphatic rings. The van der Waals surface area contributed by atoms with Crippen LogP contribution in [0.25, 0.3) is 22.2 Å². The van der Waals surface area contributed by atoms with Gasteiger partial charge < -0.3 is 5.43 Å². The van der Waals surface area contributed by atoms with E-state index in [0.717, 1.165) is 0 Å². The van der Waals surface area contributed by atoms with E-state index in [1.807, 2.05) is 38.1 Å². The zero-order chi connectivity index (χ0) is 21.3. The van der Waals surface area contributed by atoms with Crippen LogP contribution >= 0.6 is 0 Å². The molecule has 1 heterocycles. The van der Waals surface area contributed by atoms with E-state index < -0.39 is 0 Å². The fourth-order valence-corrected chi connectivity index (χ4v) is 3.76. The van der Waals surface area contributed by atoms with Gasteiger partial charge in [0.05, 0.1) is 16.8 Å². The number of hydrogen-bond acceptors (Lipinski definition) is 4. The first-order chi connectivity index (χ1) is 14.3. The van der Waals surface area contributed by atoms with Gasteiger partial charge in [-0.1, -0.05) is 32.0 Å². The number of carbonyl (C=O) groups excluding carboxylic acids is 2. The number of nitrogens with zero attached hydrogens (tertiary/aromatic N) is 1. The lowest BCUT2D eigenvalue weighted by Gasteiger charge is -2.29. The summed E-state index contributed by atoms with van der Waals surface area (Å²) >= 11 is 0. The smallest absolute Gasteiger partial charge is 0.270 e. The van der Waals surface area contributed by atoms with Gasteiger partial charge in [-0.05, 0) is 48.2 Å². The maximum atomic E-state index is 13.3. The zero-order valence-corrected chi connectivity index (χ0v) is 16.8. The highest BCUT2D eigenvalue weighted by Crippen LogP contribution is 2.32. The highest BCUT2D eigenvalue weighted by molar-refractivity contribution is 6.07. The molecule has 152 valence electrons. The molecule has 1 aromatic heterocycles. The van der Waals surface area contributed by atoms with E-state index in [0.29, 0.717) is 46.3 Å². The molecule has 2 aromatic carbocycles. The topological polar surface area (TPSA) is 71.1 Å². The molecule has 2 N–H and O–H groups in total. The lowest BCUT2D eigenvalue weighted by molar-refractivity contribution is -0.117. The summed E-state index contributed by atoms with van der Waals surface area (Å²) in [5, 5.41) is 0.705. The number of hydrazine groups is 1. The van der Waals surface area contributed by atoms with Gasteiger partial charge in [0.15, 0.2) is 5.78 Å². The second-order valence-electron chi connectivity index (χ2n) is 8.31. The molecule has 6 heteroatoms. The minimum absolute atomic E-state index is 0.0379. The highest BCUT2D eigenvalue weighted by atomic mass is 19.1. The Bertz CT molecular complexity index is 1170. The van der Waals surface area contributed by atoms with Gasteiger partial charge in [0, 0.05) is 29.1 Å². The van der Waals surface area contributed by atoms with Crippen molar-refractivity contribution in [2.24, 2.45) is 5.41 Å². The van der Waals surface area contributed by atoms with Crippen LogP contribution in [0.4, 0.5) is 4.39 Å². The Kier molecular flexibility index (Phi) is 5.08. The average Bonchev–Trinajstić information content (AvgIpc) is 2.70. The summed E-state index contributed by atoms with van der Waals surface area (Å²) in [5.74, 6) is -0.635. The molecule has 1 amide bonds. The predicted molar refractivity (Wildman–Crippen MR) is 114 cm³/mol. The molecule has 0 atom stereocenters. The molecule has 30 heavy (non-hydrogen) atoms. The van der Waals surface area contributed by atoms with Crippen LogP contribution in [0, 0.1) is 11.2 Å². The molecular weight excluding hydrogens is 381 g/mol. The third kappa shape index (κ3) is 4.22. The molecule has 0 saturated carbocycles. The fraction of sp³-hybridized carbons (Fsp3) is 0.208. The van der Waals surface area contributed by atoms with Gasteiger partial charge in [0.1, 0.15) is 5.82 Å². The number of aromatic nitrogens is 1. The van der Waals surface area contributed by atoms with Crippen molar-refractivity contribution in [3.8, 4) is 11.3 Å². The number of hydrogen-bond donors (Lipinski definition) is 2. The van der Waals surface area contributed by atoms with Crippen molar-refractivity contribution >= 4 is 22.6 Å². The summed E-state index contributed by atoms with van der Waals surface area (Å²) < 4.78 is 13.3. The van der Waals surface area contributed by atoms with Crippen molar-refractivity contribution < 1.29 is 14.0 Å². The number of pyridine rings is 1. The van der Waals surface area contributed by atoms with Crippen molar-refractivity contribution in [3.05, 3.63) is 77.8 Å². The van der Waals surface area contributed by atoms with Crippen LogP contribution in [0.15, 0.2) is 66.4 Å². The number of halogens is 1. The lowest BCUT2D eigenvalue weighted by Crippen LogP contribution is -2.39. The summed E-state index contributed by atoms with van der Waals surface area (Å²) in [6.07, 6.45) is 2.69. The van der Waals surface area contributed by atoms with Crippen LogP contribution in [-0.4, -0.2) is 16.7 Å². The molecule has 4 rings (SSSR count). The van der Waals surface area contributed by atoms with E-state index in [4.69, 9.17) is 0 Å². The van der Waals surface area contributed by atoms with Gasteiger partial charge in [-0.15, -0.1) is 0 Å². The van der Waals surface area contributed by atoms with Gasteiger partial charge in [0.2, 0.25) is 0 Å². The molecular formula is C24H22FN3O2. The molecule has 0 unspecified atom stereocenters. The lowest BCUT2D eigenvalue weighted by atomic mass is 9.79. The molecule has 1 aliphatic carbocycles. The Hall–Kier alpha value is -3.54. The van der Waals surface area contributed by atoms with E-state index in [9.17, 15) is 14.0 Å². The number of allylic oxidation sites excluding steroid dienone is 2. The Morgan fingerprint density at radius 2 is 1.80 bits per heavy atom. The molecule has 0 fully saturated rings. The quantitative estimate of drug-likeness (QED) is 0.627. The first-order valence-electron chi connectivity index (χ1n) is 9.76. The van der Waals surface area contributed by atoms with E-state index in [1.165, 1.54) is 12.1 Å². The first kappa shape index (κ1) is 19.8. The van der Waals surface area contributed by atoms with Gasteiger partial charge in [-0.2, -0.15) is 0 Å². The summed E-state index contributed by atoms with van der Waals surface area (Å²) in [4.78, 5) is 29.6. The number of nitrogens with one attached hydrogen (secondary N) is 2. The van der Waals surface area contributed by atoms with Gasteiger partial charge in [-0.3, -0.25) is 15.0 Å². The Balaban J connectivity index is 1.65. The number of ketones is 1. The monoisotopic (exact) mass is 403 g/mol. The van der Waals surface area contributed by atoms with Gasteiger partial charge in [0.25, 0.3) is 5.91 Å². The van der Waals surface area contributed by atoms with Crippen LogP contribution in [-0.2, 0) is 4.79 Å². The Morgan fingerprint density at radius 3 is 2.53 bits per heavy atom. The molecule has 0 saturated heterocycles. The van der Waals surface area contributed by atoms with Gasteiger partial charge >= 0.3 is 0 Å². The third-order valence-corrected chi connectivity index (χ3v) is 5.09. The van der Waals surface area contributed by atoms with E-state index in [-0.39, 0.29) is 22.9 Å². The number of fused-ring (bicyclic) bond motifs is 1. The number of carbonyl (C=O) groups is 2. The molecule has 3 aromatic rings. The van der Waals surface area contributed by atoms with E-state index in [1.54, 1.807) is 24.3 Å². The van der Waals surface area contributed by atoms with Crippen molar-refractivity contribution in [1.82, 2.24) is 15.8 Å². The summed E-state index contributed by atoms with van der Waals surface area (Å²) in [6, 6.07) is 15.0. The maximum Gasteiger partial charge on any atom is 0.270 e. The zero-order valence-electron chi connectivity index (χ0n) is 16.8. The second kappa shape index (κ2) is 7.71. The number of benzene rings is 2. The van der Waals surface area contributed by atoms with Crippen LogP contribution in [0.1, 0.15) is 37.0 Å². The highest BCUT2D eigenvalue weighted by Gasteiger charge is 2.27. The van der Waals surface area contributed by atoms with Crippen LogP contribution in [0.5, 0.6) is 0 Å². The molecule has 0 aliphatic heterocycles. The maximum absolute atomic E-state index is 13.3. The van der Waals surface area contributed by atoms with Crippen molar-refractivity contribution in [1.29, 1.82) is 0 Å². The van der Waals surface area contributed by atoms with E-state index in [2.05, 4.69) is 15.8 Å². The number of para-hydroxylation sites is 1. The summed E-state index contributed by atoms with van der Waals surface area (Å²) in [7, 11) is 0. The largest absolute Gasteiger partial charge is 0.302 e. The Morgan fingerprint density at radius 1 is 1.07 bits per heavy atom. The summed E-state index contributed by atoms with van der Waals surface area (Å²) in [6.45, 7) is 4.04. The Labute approximate surface area is 174 Å². The normalized spacial score (nSPS) is 15.6. The minimum Gasteiger partial charge on any atom is -0.302 e. The van der Waals surface area contributed by atoms with Crippen LogP contribution in [0.3, 0.4) is 0 Å². The number of rotatable bonds is 4. The van der Waals surface area contributed by atoms with Gasteiger partial charge in [-0.25, -0.2) is 9.37 Å². The minimum atomic E-state index is -0.339. The molecule has 0 bridgehead atoms. The third-order valence-electron chi connectivity index (χ3n) is 5.09. The summed E-state index contributed by atoms with van der Waals surface area (Å²) in [5.41, 5.74) is 8.54. The van der Waals surface area contributed by atoms with Crippen LogP contribution in [0.2, 0.25) is 0 Å². The first-order valence-corrected chi connectivity index (χ1v) is 9.76. The fourth-order valence-electron chi connectivity index (χ4n) is 3.76. The number of amides is 1. The predicted octanol–water partition coefficient (Wildman–Crippen LogP) is 4.55. The van der Waals surface area contributed by atoms with E-state index >= 15 is 0 Å². The molecule has 0 radical (unpaired) electrons. The SMILES string of the molecule is CC1(C)CC(=O)C=C(NNC(=O)c2cc(-c3ccc(F)cc3)nc3ccccc23)C1. The van der Waals surface area contributed by atoms with Crippen molar-refractivity contribution in [3.63, 3.8) is 0 Å². The standard InChI is InChI=1S/C24H22FN3O2/c1-24(2)13-17(11-18(29)14-24)27-28-23(30)20-12-22(15-7-9-16(25)10-8-15)26-21-6-4-3-5-19(20)21/h3-12,27H,13-14H2,1-2H3,(H,28,30). The van der Waals surface area contributed by atoms with Crippen LogP contribution < -0.4 is 10.9 Å². The van der Waals surface area contributed by atoms with Crippen molar-refractivity contribution in [2.75, 3.05) is 0 Å².